The molecule has 31 heavy (non-hydrogen) atoms. The number of carbonyl (C=O) groups is 1. The van der Waals surface area contributed by atoms with Crippen LogP contribution in [0, 0.1) is 0 Å². The summed E-state index contributed by atoms with van der Waals surface area (Å²) in [6.07, 6.45) is 3.37. The Hall–Kier alpha value is -3.10. The molecule has 5 rings (SSSR count). The molecule has 1 aliphatic heterocycles. The summed E-state index contributed by atoms with van der Waals surface area (Å²) >= 11 is 1.63. The lowest BCUT2D eigenvalue weighted by molar-refractivity contribution is -0.117. The van der Waals surface area contributed by atoms with Crippen molar-refractivity contribution in [3.05, 3.63) is 54.3 Å². The molecule has 4 aromatic rings. The summed E-state index contributed by atoms with van der Waals surface area (Å²) in [5.41, 5.74) is 0. The fraction of sp³-hybridized carbons (Fsp3) is 0.304. The normalized spacial score (nSPS) is 19.7. The molecule has 158 valence electrons. The lowest BCUT2D eigenvalue weighted by atomic mass is 10.1. The third kappa shape index (κ3) is 3.84. The largest absolute Gasteiger partial charge is 0.348 e. The van der Waals surface area contributed by atoms with Crippen LogP contribution >= 0.6 is 11.3 Å². The van der Waals surface area contributed by atoms with Crippen LogP contribution in [-0.4, -0.2) is 57.5 Å². The highest BCUT2D eigenvalue weighted by atomic mass is 32.1. The Kier molecular flexibility index (Phi) is 5.25. The first-order valence-corrected chi connectivity index (χ1v) is 11.3. The molecule has 7 nitrogen and oxygen atoms in total. The molecule has 0 aliphatic carbocycles. The molecule has 2 atom stereocenters. The van der Waals surface area contributed by atoms with Crippen LogP contribution in [-0.2, 0) is 4.79 Å². The monoisotopic (exact) mass is 432 g/mol. The average Bonchev–Trinajstić information content (AvgIpc) is 3.23. The van der Waals surface area contributed by atoms with Gasteiger partial charge >= 0.3 is 0 Å². The lowest BCUT2D eigenvalue weighted by Gasteiger charge is -2.45. The molecule has 4 heterocycles. The van der Waals surface area contributed by atoms with Crippen LogP contribution in [0.15, 0.2) is 54.3 Å². The quantitative estimate of drug-likeness (QED) is 0.529. The van der Waals surface area contributed by atoms with E-state index in [9.17, 15) is 4.79 Å². The number of thiophene rings is 1. The number of aromatic nitrogens is 3. The van der Waals surface area contributed by atoms with Crippen molar-refractivity contribution >= 4 is 49.9 Å². The number of amides is 1. The number of hydrogen-bond acceptors (Lipinski definition) is 7. The maximum absolute atomic E-state index is 12.8. The first-order chi connectivity index (χ1) is 15.1. The Morgan fingerprint density at radius 1 is 1.06 bits per heavy atom. The zero-order valence-electron chi connectivity index (χ0n) is 17.5. The Morgan fingerprint density at radius 2 is 1.87 bits per heavy atom. The molecule has 0 radical (unpaired) electrons. The number of nitrogens with one attached hydrogen (secondary N) is 1. The standard InChI is InChI=1S/C23H24N6OS/c1-15-11-28(12-16(2)29(15)22-19-8-10-31-23(19)26-14-25-22)13-20(30)27-21-18-6-4-3-5-17(18)7-9-24-21/h3-10,14-16H,11-13H2,1-2H3,(H,24,27,30)/t15-,16+. The smallest absolute Gasteiger partial charge is 0.239 e. The Bertz CT molecular complexity index is 1220. The Morgan fingerprint density at radius 3 is 2.71 bits per heavy atom. The summed E-state index contributed by atoms with van der Waals surface area (Å²) in [4.78, 5) is 31.7. The van der Waals surface area contributed by atoms with E-state index in [1.165, 1.54) is 0 Å². The van der Waals surface area contributed by atoms with E-state index in [1.54, 1.807) is 23.9 Å². The molecule has 8 heteroatoms. The average molecular weight is 433 g/mol. The zero-order chi connectivity index (χ0) is 21.4. The van der Waals surface area contributed by atoms with Gasteiger partial charge < -0.3 is 10.2 Å². The van der Waals surface area contributed by atoms with Crippen LogP contribution in [0.2, 0.25) is 0 Å². The van der Waals surface area contributed by atoms with Gasteiger partial charge in [-0.05, 0) is 36.7 Å². The van der Waals surface area contributed by atoms with Gasteiger partial charge in [-0.3, -0.25) is 9.69 Å². The fourth-order valence-corrected chi connectivity index (χ4v) is 5.28. The van der Waals surface area contributed by atoms with Gasteiger partial charge in [-0.15, -0.1) is 11.3 Å². The second-order valence-corrected chi connectivity index (χ2v) is 8.96. The molecule has 1 amide bonds. The molecule has 3 aromatic heterocycles. The first kappa shape index (κ1) is 19.8. The van der Waals surface area contributed by atoms with Gasteiger partial charge in [-0.2, -0.15) is 0 Å². The highest BCUT2D eigenvalue weighted by Crippen LogP contribution is 2.31. The van der Waals surface area contributed by atoms with Crippen LogP contribution in [0.25, 0.3) is 21.0 Å². The predicted octanol–water partition coefficient (Wildman–Crippen LogP) is 3.78. The molecular weight excluding hydrogens is 408 g/mol. The van der Waals surface area contributed by atoms with Gasteiger partial charge in [0.1, 0.15) is 22.8 Å². The van der Waals surface area contributed by atoms with E-state index >= 15 is 0 Å². The highest BCUT2D eigenvalue weighted by molar-refractivity contribution is 7.16. The summed E-state index contributed by atoms with van der Waals surface area (Å²) in [6, 6.07) is 12.4. The summed E-state index contributed by atoms with van der Waals surface area (Å²) < 4.78 is 0. The third-order valence-electron chi connectivity index (χ3n) is 5.78. The number of fused-ring (bicyclic) bond motifs is 2. The van der Waals surface area contributed by atoms with E-state index in [-0.39, 0.29) is 18.0 Å². The van der Waals surface area contributed by atoms with Crippen molar-refractivity contribution < 1.29 is 4.79 Å². The Labute approximate surface area is 184 Å². The molecule has 1 aromatic carbocycles. The molecule has 0 saturated carbocycles. The number of nitrogens with zero attached hydrogens (tertiary/aromatic N) is 5. The van der Waals surface area contributed by atoms with Gasteiger partial charge in [0.25, 0.3) is 0 Å². The van der Waals surface area contributed by atoms with Gasteiger partial charge in [-0.1, -0.05) is 24.3 Å². The van der Waals surface area contributed by atoms with Crippen LogP contribution in [0.4, 0.5) is 11.6 Å². The number of benzene rings is 1. The van der Waals surface area contributed by atoms with Crippen LogP contribution in [0.5, 0.6) is 0 Å². The van der Waals surface area contributed by atoms with Crippen molar-refractivity contribution in [3.8, 4) is 0 Å². The number of piperazine rings is 1. The van der Waals surface area contributed by atoms with Gasteiger partial charge in [-0.25, -0.2) is 15.0 Å². The van der Waals surface area contributed by atoms with Crippen molar-refractivity contribution in [1.82, 2.24) is 19.9 Å². The molecule has 1 saturated heterocycles. The zero-order valence-corrected chi connectivity index (χ0v) is 18.3. The van der Waals surface area contributed by atoms with E-state index in [0.29, 0.717) is 12.4 Å². The van der Waals surface area contributed by atoms with Crippen molar-refractivity contribution in [2.75, 3.05) is 29.9 Å². The van der Waals surface area contributed by atoms with E-state index < -0.39 is 0 Å². The SMILES string of the molecule is C[C@@H]1CN(CC(=O)Nc2nccc3ccccc23)C[C@H](C)N1c1ncnc2sccc12. The topological polar surface area (TPSA) is 74.2 Å². The second-order valence-electron chi connectivity index (χ2n) is 8.06. The number of pyridine rings is 1. The Balaban J connectivity index is 1.29. The van der Waals surface area contributed by atoms with Gasteiger partial charge in [0.05, 0.1) is 11.9 Å². The maximum atomic E-state index is 12.8. The minimum atomic E-state index is -0.0426. The lowest BCUT2D eigenvalue weighted by Crippen LogP contribution is -2.58. The molecule has 1 aliphatic rings. The number of rotatable bonds is 4. The maximum Gasteiger partial charge on any atom is 0.239 e. The summed E-state index contributed by atoms with van der Waals surface area (Å²) in [6.45, 7) is 6.29. The van der Waals surface area contributed by atoms with Crippen LogP contribution < -0.4 is 10.2 Å². The van der Waals surface area contributed by atoms with E-state index in [1.807, 2.05) is 30.3 Å². The summed E-state index contributed by atoms with van der Waals surface area (Å²) in [7, 11) is 0. The van der Waals surface area contributed by atoms with Crippen molar-refractivity contribution in [2.45, 2.75) is 25.9 Å². The number of anilines is 2. The number of hydrogen-bond donors (Lipinski definition) is 1. The minimum absolute atomic E-state index is 0.0426. The molecule has 1 fully saturated rings. The second kappa shape index (κ2) is 8.20. The number of carbonyl (C=O) groups excluding carboxylic acids is 1. The van der Waals surface area contributed by atoms with E-state index in [2.05, 4.69) is 55.4 Å². The van der Waals surface area contributed by atoms with Crippen molar-refractivity contribution in [2.24, 2.45) is 0 Å². The van der Waals surface area contributed by atoms with Crippen LogP contribution in [0.1, 0.15) is 13.8 Å². The minimum Gasteiger partial charge on any atom is -0.348 e. The van der Waals surface area contributed by atoms with Crippen molar-refractivity contribution in [1.29, 1.82) is 0 Å². The van der Waals surface area contributed by atoms with Gasteiger partial charge in [0.2, 0.25) is 5.91 Å². The predicted molar refractivity (Wildman–Crippen MR) is 126 cm³/mol. The third-order valence-corrected chi connectivity index (χ3v) is 6.60. The molecule has 0 unspecified atom stereocenters. The first-order valence-electron chi connectivity index (χ1n) is 10.4. The van der Waals surface area contributed by atoms with Gasteiger partial charge in [0.15, 0.2) is 0 Å². The molecular formula is C23H24N6OS. The highest BCUT2D eigenvalue weighted by Gasteiger charge is 2.32. The van der Waals surface area contributed by atoms with Gasteiger partial charge in [0, 0.05) is 36.8 Å². The summed E-state index contributed by atoms with van der Waals surface area (Å²) in [5, 5.41) is 8.17. The van der Waals surface area contributed by atoms with Crippen LogP contribution in [0.3, 0.4) is 0 Å². The molecule has 0 bridgehead atoms. The van der Waals surface area contributed by atoms with E-state index in [0.717, 1.165) is 39.9 Å². The van der Waals surface area contributed by atoms with E-state index in [4.69, 9.17) is 0 Å². The molecule has 1 N–H and O–H groups in total. The fourth-order valence-electron chi connectivity index (χ4n) is 4.56. The molecule has 0 spiro atoms. The van der Waals surface area contributed by atoms with Crippen molar-refractivity contribution in [3.63, 3.8) is 0 Å². The summed E-state index contributed by atoms with van der Waals surface area (Å²) in [5.74, 6) is 1.55.